The van der Waals surface area contributed by atoms with E-state index in [0.717, 1.165) is 5.56 Å². The van der Waals surface area contributed by atoms with Gasteiger partial charge in [0.1, 0.15) is 12.3 Å². The lowest BCUT2D eigenvalue weighted by Crippen LogP contribution is -2.12. The number of aromatic nitrogens is 2. The SMILES string of the molecule is Cc1ccc(O)c(C(=O)Nc2cnn(CC(=O)O)c2)c1. The number of phenolic OH excluding ortho intramolecular Hbond substituents is 1. The van der Waals surface area contributed by atoms with Crippen molar-refractivity contribution in [3.63, 3.8) is 0 Å². The molecule has 1 heterocycles. The molecular weight excluding hydrogens is 262 g/mol. The number of aryl methyl sites for hydroxylation is 1. The number of aromatic hydroxyl groups is 1. The van der Waals surface area contributed by atoms with Gasteiger partial charge in [0.15, 0.2) is 0 Å². The predicted octanol–water partition coefficient (Wildman–Crippen LogP) is 1.23. The Kier molecular flexibility index (Phi) is 3.69. The smallest absolute Gasteiger partial charge is 0.325 e. The van der Waals surface area contributed by atoms with Crippen LogP contribution in [0.3, 0.4) is 0 Å². The number of carboxylic acid groups (broad SMARTS) is 1. The van der Waals surface area contributed by atoms with Crippen LogP contribution in [0.2, 0.25) is 0 Å². The molecule has 0 spiro atoms. The molecular formula is C13H13N3O4. The number of anilines is 1. The molecule has 0 aliphatic rings. The van der Waals surface area contributed by atoms with E-state index in [1.165, 1.54) is 23.1 Å². The minimum absolute atomic E-state index is 0.119. The minimum atomic E-state index is -1.03. The average Bonchev–Trinajstić information content (AvgIpc) is 2.78. The number of nitrogens with zero attached hydrogens (tertiary/aromatic N) is 2. The third kappa shape index (κ3) is 3.14. The number of hydrogen-bond donors (Lipinski definition) is 3. The maximum Gasteiger partial charge on any atom is 0.325 e. The lowest BCUT2D eigenvalue weighted by atomic mass is 10.1. The number of amides is 1. The number of benzene rings is 1. The van der Waals surface area contributed by atoms with Gasteiger partial charge in [-0.3, -0.25) is 14.3 Å². The van der Waals surface area contributed by atoms with E-state index in [1.54, 1.807) is 19.1 Å². The summed E-state index contributed by atoms with van der Waals surface area (Å²) in [6.45, 7) is 1.52. The normalized spacial score (nSPS) is 10.2. The molecule has 0 unspecified atom stereocenters. The van der Waals surface area contributed by atoms with Gasteiger partial charge in [0.2, 0.25) is 0 Å². The first-order valence-electron chi connectivity index (χ1n) is 5.81. The second-order valence-electron chi connectivity index (χ2n) is 4.30. The Morgan fingerprint density at radius 3 is 2.85 bits per heavy atom. The Bertz CT molecular complexity index is 663. The van der Waals surface area contributed by atoms with Crippen molar-refractivity contribution in [2.75, 3.05) is 5.32 Å². The van der Waals surface area contributed by atoms with Crippen LogP contribution >= 0.6 is 0 Å². The van der Waals surface area contributed by atoms with Gasteiger partial charge in [-0.25, -0.2) is 0 Å². The molecule has 0 bridgehead atoms. The van der Waals surface area contributed by atoms with E-state index >= 15 is 0 Å². The Balaban J connectivity index is 2.13. The van der Waals surface area contributed by atoms with Gasteiger partial charge in [-0.15, -0.1) is 0 Å². The second kappa shape index (κ2) is 5.43. The van der Waals surface area contributed by atoms with Gasteiger partial charge in [0.05, 0.1) is 17.4 Å². The van der Waals surface area contributed by atoms with E-state index in [1.807, 2.05) is 0 Å². The van der Waals surface area contributed by atoms with E-state index in [9.17, 15) is 14.7 Å². The fourth-order valence-electron chi connectivity index (χ4n) is 1.68. The van der Waals surface area contributed by atoms with Crippen LogP contribution in [-0.4, -0.2) is 31.9 Å². The summed E-state index contributed by atoms with van der Waals surface area (Å²) in [5, 5.41) is 24.6. The molecule has 104 valence electrons. The largest absolute Gasteiger partial charge is 0.507 e. The van der Waals surface area contributed by atoms with Crippen molar-refractivity contribution in [3.05, 3.63) is 41.7 Å². The number of nitrogens with one attached hydrogen (secondary N) is 1. The Hall–Kier alpha value is -2.83. The molecule has 1 aromatic heterocycles. The maximum absolute atomic E-state index is 12.0. The molecule has 0 aliphatic carbocycles. The van der Waals surface area contributed by atoms with Crippen molar-refractivity contribution in [1.29, 1.82) is 0 Å². The van der Waals surface area contributed by atoms with E-state index in [-0.39, 0.29) is 17.9 Å². The van der Waals surface area contributed by atoms with Crippen molar-refractivity contribution in [2.45, 2.75) is 13.5 Å². The Labute approximate surface area is 114 Å². The molecule has 7 nitrogen and oxygen atoms in total. The van der Waals surface area contributed by atoms with Gasteiger partial charge in [-0.1, -0.05) is 11.6 Å². The van der Waals surface area contributed by atoms with Crippen molar-refractivity contribution in [1.82, 2.24) is 9.78 Å². The maximum atomic E-state index is 12.0. The van der Waals surface area contributed by atoms with Crippen molar-refractivity contribution in [2.24, 2.45) is 0 Å². The van der Waals surface area contributed by atoms with Gasteiger partial charge in [-0.2, -0.15) is 5.10 Å². The van der Waals surface area contributed by atoms with E-state index in [4.69, 9.17) is 5.11 Å². The number of aliphatic carboxylic acids is 1. The molecule has 7 heteroatoms. The quantitative estimate of drug-likeness (QED) is 0.778. The van der Waals surface area contributed by atoms with Crippen LogP contribution in [0.25, 0.3) is 0 Å². The number of hydrogen-bond acceptors (Lipinski definition) is 4. The zero-order valence-corrected chi connectivity index (χ0v) is 10.7. The standard InChI is InChI=1S/C13H13N3O4/c1-8-2-3-11(17)10(4-8)13(20)15-9-5-14-16(6-9)7-12(18)19/h2-6,17H,7H2,1H3,(H,15,20)(H,18,19). The molecule has 2 aromatic rings. The molecule has 20 heavy (non-hydrogen) atoms. The molecule has 0 aliphatic heterocycles. The fourth-order valence-corrected chi connectivity index (χ4v) is 1.68. The van der Waals surface area contributed by atoms with Gasteiger partial charge in [0.25, 0.3) is 5.91 Å². The molecule has 1 amide bonds. The van der Waals surface area contributed by atoms with Crippen molar-refractivity contribution in [3.8, 4) is 5.75 Å². The first kappa shape index (κ1) is 13.6. The van der Waals surface area contributed by atoms with E-state index < -0.39 is 11.9 Å². The van der Waals surface area contributed by atoms with Crippen LogP contribution in [0.4, 0.5) is 5.69 Å². The first-order chi connectivity index (χ1) is 9.45. The topological polar surface area (TPSA) is 104 Å². The van der Waals surface area contributed by atoms with Crippen LogP contribution in [0.5, 0.6) is 5.75 Å². The first-order valence-corrected chi connectivity index (χ1v) is 5.81. The lowest BCUT2D eigenvalue weighted by molar-refractivity contribution is -0.137. The number of carbonyl (C=O) groups excluding carboxylic acids is 1. The van der Waals surface area contributed by atoms with Gasteiger partial charge in [-0.05, 0) is 19.1 Å². The highest BCUT2D eigenvalue weighted by atomic mass is 16.4. The van der Waals surface area contributed by atoms with Gasteiger partial charge < -0.3 is 15.5 Å². The summed E-state index contributed by atoms with van der Waals surface area (Å²) in [6, 6.07) is 4.70. The highest BCUT2D eigenvalue weighted by Gasteiger charge is 2.12. The van der Waals surface area contributed by atoms with E-state index in [2.05, 4.69) is 10.4 Å². The summed E-state index contributed by atoms with van der Waals surface area (Å²) < 4.78 is 1.19. The average molecular weight is 275 g/mol. The highest BCUT2D eigenvalue weighted by Crippen LogP contribution is 2.19. The number of carbonyl (C=O) groups is 2. The third-order valence-electron chi connectivity index (χ3n) is 2.59. The summed E-state index contributed by atoms with van der Waals surface area (Å²) in [5.74, 6) is -1.63. The minimum Gasteiger partial charge on any atom is -0.507 e. The van der Waals surface area contributed by atoms with Crippen LogP contribution in [-0.2, 0) is 11.3 Å². The number of carboxylic acids is 1. The molecule has 0 radical (unpaired) electrons. The third-order valence-corrected chi connectivity index (χ3v) is 2.59. The Morgan fingerprint density at radius 1 is 1.40 bits per heavy atom. The molecule has 0 saturated heterocycles. The van der Waals surface area contributed by atoms with Crippen molar-refractivity contribution < 1.29 is 19.8 Å². The zero-order valence-electron chi connectivity index (χ0n) is 10.7. The van der Waals surface area contributed by atoms with Crippen LogP contribution in [0.1, 0.15) is 15.9 Å². The monoisotopic (exact) mass is 275 g/mol. The fraction of sp³-hybridized carbons (Fsp3) is 0.154. The Morgan fingerprint density at radius 2 is 2.15 bits per heavy atom. The summed E-state index contributed by atoms with van der Waals surface area (Å²) in [4.78, 5) is 22.5. The summed E-state index contributed by atoms with van der Waals surface area (Å²) in [6.07, 6.45) is 2.74. The molecule has 1 aromatic carbocycles. The molecule has 0 fully saturated rings. The molecule has 0 atom stereocenters. The van der Waals surface area contributed by atoms with E-state index in [0.29, 0.717) is 5.69 Å². The summed E-state index contributed by atoms with van der Waals surface area (Å²) in [5.41, 5.74) is 1.35. The summed E-state index contributed by atoms with van der Waals surface area (Å²) in [7, 11) is 0. The lowest BCUT2D eigenvalue weighted by Gasteiger charge is -2.05. The van der Waals surface area contributed by atoms with Gasteiger partial charge in [0, 0.05) is 6.20 Å². The van der Waals surface area contributed by atoms with Crippen molar-refractivity contribution >= 4 is 17.6 Å². The van der Waals surface area contributed by atoms with Crippen LogP contribution in [0.15, 0.2) is 30.6 Å². The molecule has 0 saturated carbocycles. The predicted molar refractivity (Wildman–Crippen MR) is 70.7 cm³/mol. The molecule has 2 rings (SSSR count). The van der Waals surface area contributed by atoms with Gasteiger partial charge >= 0.3 is 5.97 Å². The van der Waals surface area contributed by atoms with Crippen LogP contribution < -0.4 is 5.32 Å². The number of rotatable bonds is 4. The highest BCUT2D eigenvalue weighted by molar-refractivity contribution is 6.06. The zero-order chi connectivity index (χ0) is 14.7. The number of phenols is 1. The molecule has 3 N–H and O–H groups in total. The summed E-state index contributed by atoms with van der Waals surface area (Å²) >= 11 is 0. The second-order valence-corrected chi connectivity index (χ2v) is 4.30. The van der Waals surface area contributed by atoms with Crippen LogP contribution in [0, 0.1) is 6.92 Å².